The normalized spacial score (nSPS) is 24.5. The zero-order chi connectivity index (χ0) is 12.4. The van der Waals surface area contributed by atoms with E-state index < -0.39 is 6.04 Å². The lowest BCUT2D eigenvalue weighted by Gasteiger charge is -2.15. The van der Waals surface area contributed by atoms with Crippen LogP contribution in [0.15, 0.2) is 30.3 Å². The molecule has 3 heteroatoms. The number of benzene rings is 1. The van der Waals surface area contributed by atoms with E-state index in [-0.39, 0.29) is 17.9 Å². The highest BCUT2D eigenvalue weighted by Crippen LogP contribution is 2.40. The molecule has 0 spiro atoms. The van der Waals surface area contributed by atoms with Gasteiger partial charge in [-0.15, -0.1) is 0 Å². The molecule has 2 rings (SSSR count). The molecule has 17 heavy (non-hydrogen) atoms. The van der Waals surface area contributed by atoms with Gasteiger partial charge < -0.3 is 11.1 Å². The van der Waals surface area contributed by atoms with Gasteiger partial charge in [-0.1, -0.05) is 44.2 Å². The molecule has 92 valence electrons. The molecule has 3 atom stereocenters. The number of carbonyl (C=O) groups excluding carboxylic acids is 1. The fourth-order valence-corrected chi connectivity index (χ4v) is 2.00. The summed E-state index contributed by atoms with van der Waals surface area (Å²) in [5, 5.41) is 3.02. The molecule has 1 aromatic carbocycles. The lowest BCUT2D eigenvalue weighted by atomic mass is 10.0. The van der Waals surface area contributed by atoms with Crippen LogP contribution in [0.3, 0.4) is 0 Å². The standard InChI is InChI=1S/C14H20N2O/c1-9(2)13(15)14(17)16-12-8-11(12)10-6-4-3-5-7-10/h3-7,9,11-13H,8,15H2,1-2H3,(H,16,17)/t11?,12?,13-/m0/s1. The molecule has 1 aliphatic carbocycles. The van der Waals surface area contributed by atoms with Crippen LogP contribution in [0.25, 0.3) is 0 Å². The van der Waals surface area contributed by atoms with Crippen LogP contribution < -0.4 is 11.1 Å². The van der Waals surface area contributed by atoms with Gasteiger partial charge in [0, 0.05) is 12.0 Å². The molecule has 0 saturated heterocycles. The number of carbonyl (C=O) groups is 1. The largest absolute Gasteiger partial charge is 0.351 e. The van der Waals surface area contributed by atoms with Crippen molar-refractivity contribution in [2.45, 2.75) is 38.3 Å². The Morgan fingerprint density at radius 2 is 2.00 bits per heavy atom. The van der Waals surface area contributed by atoms with Crippen molar-refractivity contribution < 1.29 is 4.79 Å². The van der Waals surface area contributed by atoms with E-state index in [0.717, 1.165) is 6.42 Å². The second-order valence-corrected chi connectivity index (χ2v) is 5.14. The number of amides is 1. The van der Waals surface area contributed by atoms with E-state index in [0.29, 0.717) is 5.92 Å². The number of rotatable bonds is 4. The maximum absolute atomic E-state index is 11.8. The third-order valence-electron chi connectivity index (χ3n) is 3.37. The van der Waals surface area contributed by atoms with Crippen LogP contribution >= 0.6 is 0 Å². The van der Waals surface area contributed by atoms with Crippen LogP contribution in [0, 0.1) is 5.92 Å². The summed E-state index contributed by atoms with van der Waals surface area (Å²) in [7, 11) is 0. The van der Waals surface area contributed by atoms with Crippen LogP contribution in [0.1, 0.15) is 31.7 Å². The van der Waals surface area contributed by atoms with Crippen molar-refractivity contribution in [1.82, 2.24) is 5.32 Å². The summed E-state index contributed by atoms with van der Waals surface area (Å²) in [6.45, 7) is 3.93. The Morgan fingerprint density at radius 3 is 2.59 bits per heavy atom. The number of hydrogen-bond acceptors (Lipinski definition) is 2. The molecule has 1 amide bonds. The van der Waals surface area contributed by atoms with E-state index >= 15 is 0 Å². The van der Waals surface area contributed by atoms with Gasteiger partial charge >= 0.3 is 0 Å². The fraction of sp³-hybridized carbons (Fsp3) is 0.500. The fourth-order valence-electron chi connectivity index (χ4n) is 2.00. The second kappa shape index (κ2) is 4.88. The molecular formula is C14H20N2O. The average Bonchev–Trinajstić information content (AvgIpc) is 3.08. The van der Waals surface area contributed by atoms with Crippen molar-refractivity contribution in [3.63, 3.8) is 0 Å². The summed E-state index contributed by atoms with van der Waals surface area (Å²) in [5.41, 5.74) is 7.11. The molecule has 0 bridgehead atoms. The van der Waals surface area contributed by atoms with Crippen molar-refractivity contribution in [3.8, 4) is 0 Å². The van der Waals surface area contributed by atoms with Gasteiger partial charge in [0.1, 0.15) is 0 Å². The SMILES string of the molecule is CC(C)[C@H](N)C(=O)NC1CC1c1ccccc1. The molecule has 0 aromatic heterocycles. The van der Waals surface area contributed by atoms with Crippen LogP contribution in [0.4, 0.5) is 0 Å². The van der Waals surface area contributed by atoms with Gasteiger partial charge in [0.25, 0.3) is 0 Å². The first-order valence-electron chi connectivity index (χ1n) is 6.20. The smallest absolute Gasteiger partial charge is 0.237 e. The Balaban J connectivity index is 1.86. The van der Waals surface area contributed by atoms with Gasteiger partial charge in [-0.05, 0) is 17.9 Å². The van der Waals surface area contributed by atoms with Crippen LogP contribution in [-0.2, 0) is 4.79 Å². The molecule has 0 heterocycles. The van der Waals surface area contributed by atoms with Crippen molar-refractivity contribution in [3.05, 3.63) is 35.9 Å². The lowest BCUT2D eigenvalue weighted by Crippen LogP contribution is -2.45. The predicted molar refractivity (Wildman–Crippen MR) is 68.5 cm³/mol. The minimum absolute atomic E-state index is 0.0246. The first-order chi connectivity index (χ1) is 8.09. The van der Waals surface area contributed by atoms with Crippen molar-refractivity contribution in [2.24, 2.45) is 11.7 Å². The maximum Gasteiger partial charge on any atom is 0.237 e. The Morgan fingerprint density at radius 1 is 1.35 bits per heavy atom. The molecule has 1 fully saturated rings. The highest BCUT2D eigenvalue weighted by Gasteiger charge is 2.40. The summed E-state index contributed by atoms with van der Waals surface area (Å²) in [6, 6.07) is 10.2. The van der Waals surface area contributed by atoms with Crippen LogP contribution in [0.5, 0.6) is 0 Å². The molecule has 1 saturated carbocycles. The number of nitrogens with one attached hydrogen (secondary N) is 1. The van der Waals surface area contributed by atoms with E-state index in [1.165, 1.54) is 5.56 Å². The first kappa shape index (κ1) is 12.1. The lowest BCUT2D eigenvalue weighted by molar-refractivity contribution is -0.123. The molecule has 2 unspecified atom stereocenters. The van der Waals surface area contributed by atoms with E-state index in [9.17, 15) is 4.79 Å². The number of hydrogen-bond donors (Lipinski definition) is 2. The summed E-state index contributed by atoms with van der Waals surface area (Å²) >= 11 is 0. The Bertz CT molecular complexity index is 388. The van der Waals surface area contributed by atoms with Gasteiger partial charge in [0.15, 0.2) is 0 Å². The molecular weight excluding hydrogens is 212 g/mol. The van der Waals surface area contributed by atoms with Crippen molar-refractivity contribution >= 4 is 5.91 Å². The predicted octanol–water partition coefficient (Wildman–Crippen LogP) is 1.64. The van der Waals surface area contributed by atoms with E-state index in [1.54, 1.807) is 0 Å². The van der Waals surface area contributed by atoms with Crippen molar-refractivity contribution in [2.75, 3.05) is 0 Å². The Labute approximate surface area is 102 Å². The average molecular weight is 232 g/mol. The summed E-state index contributed by atoms with van der Waals surface area (Å²) in [4.78, 5) is 11.8. The third kappa shape index (κ3) is 2.86. The maximum atomic E-state index is 11.8. The molecule has 1 aromatic rings. The van der Waals surface area contributed by atoms with Gasteiger partial charge in [0.2, 0.25) is 5.91 Å². The molecule has 0 radical (unpaired) electrons. The van der Waals surface area contributed by atoms with Gasteiger partial charge in [-0.3, -0.25) is 4.79 Å². The first-order valence-corrected chi connectivity index (χ1v) is 6.20. The van der Waals surface area contributed by atoms with Crippen LogP contribution in [0.2, 0.25) is 0 Å². The molecule has 0 aliphatic heterocycles. The van der Waals surface area contributed by atoms with Crippen LogP contribution in [-0.4, -0.2) is 18.0 Å². The highest BCUT2D eigenvalue weighted by molar-refractivity contribution is 5.82. The van der Waals surface area contributed by atoms with E-state index in [1.807, 2.05) is 32.0 Å². The van der Waals surface area contributed by atoms with E-state index in [2.05, 4.69) is 17.4 Å². The zero-order valence-electron chi connectivity index (χ0n) is 10.4. The zero-order valence-corrected chi connectivity index (χ0v) is 10.4. The monoisotopic (exact) mass is 232 g/mol. The van der Waals surface area contributed by atoms with Crippen molar-refractivity contribution in [1.29, 1.82) is 0 Å². The quantitative estimate of drug-likeness (QED) is 0.829. The molecule has 1 aliphatic rings. The molecule has 3 nitrogen and oxygen atoms in total. The second-order valence-electron chi connectivity index (χ2n) is 5.14. The topological polar surface area (TPSA) is 55.1 Å². The molecule has 3 N–H and O–H groups in total. The highest BCUT2D eigenvalue weighted by atomic mass is 16.2. The third-order valence-corrected chi connectivity index (χ3v) is 3.37. The summed E-state index contributed by atoms with van der Waals surface area (Å²) in [6.07, 6.45) is 1.03. The number of nitrogens with two attached hydrogens (primary N) is 1. The Kier molecular flexibility index (Phi) is 3.48. The Hall–Kier alpha value is -1.35. The summed E-state index contributed by atoms with van der Waals surface area (Å²) in [5.74, 6) is 0.631. The van der Waals surface area contributed by atoms with E-state index in [4.69, 9.17) is 5.73 Å². The minimum Gasteiger partial charge on any atom is -0.351 e. The van der Waals surface area contributed by atoms with Gasteiger partial charge in [0.05, 0.1) is 6.04 Å². The van der Waals surface area contributed by atoms with Gasteiger partial charge in [-0.25, -0.2) is 0 Å². The summed E-state index contributed by atoms with van der Waals surface area (Å²) < 4.78 is 0. The minimum atomic E-state index is -0.396. The van der Waals surface area contributed by atoms with Gasteiger partial charge in [-0.2, -0.15) is 0 Å².